The van der Waals surface area contributed by atoms with E-state index >= 15 is 0 Å². The van der Waals surface area contributed by atoms with E-state index in [0.29, 0.717) is 45.2 Å². The summed E-state index contributed by atoms with van der Waals surface area (Å²) in [6, 6.07) is 12.5. The molecule has 2 saturated heterocycles. The maximum Gasteiger partial charge on any atom is 0.329 e. The number of hydrogen-bond acceptors (Lipinski definition) is 5. The summed E-state index contributed by atoms with van der Waals surface area (Å²) < 4.78 is 5.55. The van der Waals surface area contributed by atoms with Gasteiger partial charge in [-0.15, -0.1) is 0 Å². The van der Waals surface area contributed by atoms with Crippen molar-refractivity contribution in [1.82, 2.24) is 4.90 Å². The van der Waals surface area contributed by atoms with E-state index in [4.69, 9.17) is 4.74 Å². The van der Waals surface area contributed by atoms with Gasteiger partial charge in [0.2, 0.25) is 0 Å². The fraction of sp³-hybridized carbons (Fsp3) is 0.452. The summed E-state index contributed by atoms with van der Waals surface area (Å²) in [6.07, 6.45) is 3.07. The summed E-state index contributed by atoms with van der Waals surface area (Å²) in [6.45, 7) is 12.0. The zero-order valence-electron chi connectivity index (χ0n) is 22.4. The van der Waals surface area contributed by atoms with Crippen LogP contribution in [0.3, 0.4) is 0 Å². The number of anilines is 1. The molecular formula is C31H33N5O2. The van der Waals surface area contributed by atoms with Crippen LogP contribution in [-0.2, 0) is 16.6 Å². The van der Waals surface area contributed by atoms with Crippen molar-refractivity contribution in [2.75, 3.05) is 44.3 Å². The number of fused-ring (bicyclic) bond motifs is 3. The molecule has 194 valence electrons. The average molecular weight is 508 g/mol. The van der Waals surface area contributed by atoms with E-state index in [1.54, 1.807) is 12.1 Å². The van der Waals surface area contributed by atoms with Crippen LogP contribution in [0.5, 0.6) is 0 Å². The number of aryl methyl sites for hydroxylation is 1. The van der Waals surface area contributed by atoms with Crippen LogP contribution in [-0.4, -0.2) is 66.6 Å². The summed E-state index contributed by atoms with van der Waals surface area (Å²) in [4.78, 5) is 22.8. The molecule has 4 aliphatic rings. The molecule has 2 aliphatic heterocycles. The summed E-state index contributed by atoms with van der Waals surface area (Å²) >= 11 is 0. The van der Waals surface area contributed by atoms with E-state index in [9.17, 15) is 15.6 Å². The van der Waals surface area contributed by atoms with Gasteiger partial charge in [0.15, 0.2) is 5.78 Å². The summed E-state index contributed by atoms with van der Waals surface area (Å²) in [7, 11) is 0. The van der Waals surface area contributed by atoms with Crippen LogP contribution in [0.1, 0.15) is 71.8 Å². The fourth-order valence-electron chi connectivity index (χ4n) is 7.03. The lowest BCUT2D eigenvalue weighted by atomic mass is 9.67. The molecule has 0 N–H and O–H groups in total. The number of ketones is 1. The highest BCUT2D eigenvalue weighted by Gasteiger charge is 2.51. The SMILES string of the molecule is CCc1cc2c(cc1N1CCC(N3CCOCC3)CC1)C(C)(C)C1=C(C2=O)c2cccc(C#N)c2C1=[N+]=[N-]. The van der Waals surface area contributed by atoms with Crippen LogP contribution in [0, 0.1) is 11.3 Å². The minimum atomic E-state index is -0.584. The maximum atomic E-state index is 14.1. The predicted octanol–water partition coefficient (Wildman–Crippen LogP) is 4.38. The van der Waals surface area contributed by atoms with Crippen molar-refractivity contribution >= 4 is 22.8 Å². The normalized spacial score (nSPS) is 21.1. The Kier molecular flexibility index (Phi) is 6.07. The molecule has 0 spiro atoms. The summed E-state index contributed by atoms with van der Waals surface area (Å²) in [5.74, 6) is -0.0587. The lowest BCUT2D eigenvalue weighted by Gasteiger charge is -2.42. The third-order valence-electron chi connectivity index (χ3n) is 9.01. The molecule has 2 heterocycles. The van der Waals surface area contributed by atoms with Gasteiger partial charge in [-0.1, -0.05) is 32.9 Å². The number of morpholine rings is 1. The fourth-order valence-corrected chi connectivity index (χ4v) is 7.03. The van der Waals surface area contributed by atoms with Gasteiger partial charge in [-0.05, 0) is 48.6 Å². The van der Waals surface area contributed by atoms with E-state index in [1.807, 2.05) is 6.07 Å². The van der Waals surface area contributed by atoms with Crippen molar-refractivity contribution in [3.63, 3.8) is 0 Å². The van der Waals surface area contributed by atoms with E-state index in [1.165, 1.54) is 11.3 Å². The second-order valence-corrected chi connectivity index (χ2v) is 11.2. The van der Waals surface area contributed by atoms with Crippen molar-refractivity contribution in [3.8, 4) is 6.07 Å². The Bertz CT molecular complexity index is 1460. The topological polar surface area (TPSA) is 93.0 Å². The van der Waals surface area contributed by atoms with Gasteiger partial charge in [-0.3, -0.25) is 9.69 Å². The number of hydrogen-bond donors (Lipinski definition) is 0. The number of benzene rings is 2. The number of nitriles is 1. The number of piperidine rings is 1. The summed E-state index contributed by atoms with van der Waals surface area (Å²) in [5.41, 5.74) is 16.8. The van der Waals surface area contributed by atoms with Crippen LogP contribution in [0.15, 0.2) is 35.9 Å². The second-order valence-electron chi connectivity index (χ2n) is 11.2. The standard InChI is InChI=1S/C31H33N5O2/c1-4-19-16-23-24(17-25(19)36-10-8-21(9-11-36)35-12-14-38-15-13-35)31(2,3)28-27(30(23)37)22-7-5-6-20(18-32)26(22)29(28)34-33/h5-7,16-17,21H,4,8-15H2,1-3H3. The molecule has 2 aliphatic carbocycles. The molecule has 0 aromatic heterocycles. The number of nitrogens with zero attached hydrogens (tertiary/aromatic N) is 5. The monoisotopic (exact) mass is 507 g/mol. The first-order valence-electron chi connectivity index (χ1n) is 13.7. The van der Waals surface area contributed by atoms with Crippen LogP contribution in [0.2, 0.25) is 0 Å². The van der Waals surface area contributed by atoms with Gasteiger partial charge in [-0.25, -0.2) is 0 Å². The molecule has 0 bridgehead atoms. The Hall–Kier alpha value is -3.56. The van der Waals surface area contributed by atoms with Gasteiger partial charge in [0.1, 0.15) is 6.07 Å². The first kappa shape index (κ1) is 24.8. The number of ether oxygens (including phenoxy) is 1. The highest BCUT2D eigenvalue weighted by Crippen LogP contribution is 2.51. The van der Waals surface area contributed by atoms with Crippen LogP contribution in [0.25, 0.3) is 11.1 Å². The summed E-state index contributed by atoms with van der Waals surface area (Å²) in [5, 5.41) is 9.76. The molecule has 2 aromatic rings. The molecule has 0 saturated carbocycles. The third kappa shape index (κ3) is 3.60. The highest BCUT2D eigenvalue weighted by molar-refractivity contribution is 6.42. The first-order chi connectivity index (χ1) is 18.4. The molecule has 0 radical (unpaired) electrons. The minimum Gasteiger partial charge on any atom is -0.379 e. The molecular weight excluding hydrogens is 474 g/mol. The lowest BCUT2D eigenvalue weighted by molar-refractivity contribution is -0.00371. The quantitative estimate of drug-likeness (QED) is 0.454. The zero-order valence-corrected chi connectivity index (χ0v) is 22.4. The Balaban J connectivity index is 1.40. The number of rotatable bonds is 3. The Morgan fingerprint density at radius 3 is 2.53 bits per heavy atom. The van der Waals surface area contributed by atoms with Gasteiger partial charge < -0.3 is 15.2 Å². The van der Waals surface area contributed by atoms with Crippen molar-refractivity contribution < 1.29 is 14.3 Å². The second kappa shape index (κ2) is 9.32. The molecule has 6 rings (SSSR count). The van der Waals surface area contributed by atoms with Gasteiger partial charge >= 0.3 is 5.71 Å². The van der Waals surface area contributed by atoms with Crippen molar-refractivity contribution in [1.29, 1.82) is 5.26 Å². The molecule has 7 heteroatoms. The van der Waals surface area contributed by atoms with Crippen LogP contribution < -0.4 is 4.90 Å². The average Bonchev–Trinajstić information content (AvgIpc) is 3.32. The molecule has 38 heavy (non-hydrogen) atoms. The van der Waals surface area contributed by atoms with Crippen molar-refractivity contribution in [3.05, 3.63) is 74.8 Å². The van der Waals surface area contributed by atoms with E-state index in [2.05, 4.69) is 53.6 Å². The van der Waals surface area contributed by atoms with Gasteiger partial charge in [0, 0.05) is 60.0 Å². The maximum absolute atomic E-state index is 14.1. The number of allylic oxidation sites excluding steroid dienone is 2. The number of Topliss-reactive ketones (excluding diaryl/α,β-unsaturated/α-hetero) is 1. The van der Waals surface area contributed by atoms with Gasteiger partial charge in [-0.2, -0.15) is 10.1 Å². The molecule has 2 aromatic carbocycles. The molecule has 0 unspecified atom stereocenters. The molecule has 0 atom stereocenters. The third-order valence-corrected chi connectivity index (χ3v) is 9.01. The number of carbonyl (C=O) groups excluding carboxylic acids is 1. The largest absolute Gasteiger partial charge is 0.379 e. The van der Waals surface area contributed by atoms with E-state index in [0.717, 1.165) is 64.2 Å². The minimum absolute atomic E-state index is 0.0587. The van der Waals surface area contributed by atoms with Gasteiger partial charge in [0.25, 0.3) is 0 Å². The lowest BCUT2D eigenvalue weighted by Crippen LogP contribution is -2.49. The van der Waals surface area contributed by atoms with E-state index in [-0.39, 0.29) is 5.78 Å². The Morgan fingerprint density at radius 1 is 1.13 bits per heavy atom. The molecule has 7 nitrogen and oxygen atoms in total. The zero-order chi connectivity index (χ0) is 26.6. The highest BCUT2D eigenvalue weighted by atomic mass is 16.5. The molecule has 2 fully saturated rings. The Labute approximate surface area is 223 Å². The van der Waals surface area contributed by atoms with Crippen molar-refractivity contribution in [2.45, 2.75) is 51.5 Å². The molecule has 0 amide bonds. The van der Waals surface area contributed by atoms with Crippen LogP contribution >= 0.6 is 0 Å². The van der Waals surface area contributed by atoms with Gasteiger partial charge in [0.05, 0.1) is 29.9 Å². The van der Waals surface area contributed by atoms with Crippen molar-refractivity contribution in [2.24, 2.45) is 0 Å². The first-order valence-corrected chi connectivity index (χ1v) is 13.7. The predicted molar refractivity (Wildman–Crippen MR) is 147 cm³/mol. The van der Waals surface area contributed by atoms with E-state index < -0.39 is 5.41 Å². The Morgan fingerprint density at radius 2 is 1.87 bits per heavy atom. The smallest absolute Gasteiger partial charge is 0.329 e. The van der Waals surface area contributed by atoms with Crippen LogP contribution in [0.4, 0.5) is 5.69 Å². The number of carbonyl (C=O) groups is 1.